The second-order valence-corrected chi connectivity index (χ2v) is 3.61. The summed E-state index contributed by atoms with van der Waals surface area (Å²) >= 11 is 0. The van der Waals surface area contributed by atoms with Crippen LogP contribution in [-0.2, 0) is 0 Å². The van der Waals surface area contributed by atoms with E-state index in [0.29, 0.717) is 13.1 Å². The molecule has 1 aromatic heterocycles. The van der Waals surface area contributed by atoms with Crippen LogP contribution in [0.1, 0.15) is 23.3 Å². The van der Waals surface area contributed by atoms with Crippen molar-refractivity contribution in [1.29, 1.82) is 0 Å². The highest BCUT2D eigenvalue weighted by Gasteiger charge is 2.03. The van der Waals surface area contributed by atoms with Crippen LogP contribution in [0.2, 0.25) is 0 Å². The fourth-order valence-corrected chi connectivity index (χ4v) is 1.05. The Morgan fingerprint density at radius 2 is 1.90 bits per heavy atom. The monoisotopic (exact) mass is 286 g/mol. The molecule has 0 bridgehead atoms. The van der Waals surface area contributed by atoms with Crippen LogP contribution in [0, 0.1) is 0 Å². The normalized spacial score (nSPS) is 9.25. The second-order valence-electron chi connectivity index (χ2n) is 3.61. The van der Waals surface area contributed by atoms with Gasteiger partial charge in [0.2, 0.25) is 0 Å². The van der Waals surface area contributed by atoms with Crippen LogP contribution in [0.4, 0.5) is 0 Å². The van der Waals surface area contributed by atoms with Crippen molar-refractivity contribution >= 4 is 11.9 Å². The number of nitrogens with one attached hydrogen (secondary N) is 2. The molecule has 0 spiro atoms. The number of nitrogens with zero attached hydrogens (tertiary/aromatic N) is 1. The lowest BCUT2D eigenvalue weighted by atomic mass is 10.3. The van der Waals surface area contributed by atoms with E-state index in [1.54, 1.807) is 0 Å². The van der Waals surface area contributed by atoms with Gasteiger partial charge >= 0.3 is 11.7 Å². The van der Waals surface area contributed by atoms with Gasteiger partial charge in [-0.05, 0) is 19.4 Å². The lowest BCUT2D eigenvalue weighted by Gasteiger charge is -1.92. The molecule has 0 atom stereocenters. The molecule has 9 N–H and O–H groups in total. The highest BCUT2D eigenvalue weighted by molar-refractivity contribution is 5.84. The van der Waals surface area contributed by atoms with E-state index < -0.39 is 22.9 Å². The molecule has 1 rings (SSSR count). The highest BCUT2D eigenvalue weighted by atomic mass is 16.4. The van der Waals surface area contributed by atoms with Crippen molar-refractivity contribution in [2.24, 2.45) is 22.2 Å². The van der Waals surface area contributed by atoms with Crippen LogP contribution < -0.4 is 28.5 Å². The van der Waals surface area contributed by atoms with Gasteiger partial charge in [0, 0.05) is 12.6 Å². The Bertz CT molecular complexity index is 529. The third-order valence-electron chi connectivity index (χ3n) is 1.90. The van der Waals surface area contributed by atoms with Crippen LogP contribution in [0.5, 0.6) is 0 Å². The van der Waals surface area contributed by atoms with E-state index in [4.69, 9.17) is 22.3 Å². The number of hydrogen-bond donors (Lipinski definition) is 6. The molecule has 0 radical (unpaired) electrons. The number of aromatic carboxylic acids is 1. The molecule has 0 saturated carbocycles. The zero-order chi connectivity index (χ0) is 15.5. The maximum atomic E-state index is 10.5. The van der Waals surface area contributed by atoms with Crippen molar-refractivity contribution in [3.8, 4) is 0 Å². The van der Waals surface area contributed by atoms with E-state index in [1.807, 2.05) is 9.97 Å². The summed E-state index contributed by atoms with van der Waals surface area (Å²) in [5, 5.41) is 8.31. The number of H-pyrrole nitrogens is 2. The summed E-state index contributed by atoms with van der Waals surface area (Å²) in [6, 6.07) is 0.795. The number of carboxylic acid groups (broad SMARTS) is 1. The Morgan fingerprint density at radius 1 is 1.25 bits per heavy atom. The zero-order valence-electron chi connectivity index (χ0n) is 10.8. The van der Waals surface area contributed by atoms with Gasteiger partial charge in [-0.3, -0.25) is 14.8 Å². The van der Waals surface area contributed by atoms with Crippen molar-refractivity contribution < 1.29 is 9.90 Å². The first kappa shape index (κ1) is 17.4. The van der Waals surface area contributed by atoms with Gasteiger partial charge in [0.15, 0.2) is 5.96 Å². The largest absolute Gasteiger partial charge is 0.477 e. The third kappa shape index (κ3) is 8.47. The maximum Gasteiger partial charge on any atom is 0.352 e. The minimum Gasteiger partial charge on any atom is -0.477 e. The lowest BCUT2D eigenvalue weighted by Crippen LogP contribution is -2.24. The molecule has 10 heteroatoms. The summed E-state index contributed by atoms with van der Waals surface area (Å²) in [6.45, 7) is 1.40. The van der Waals surface area contributed by atoms with Crippen LogP contribution in [0.3, 0.4) is 0 Å². The molecule has 10 nitrogen and oxygen atoms in total. The molecular weight excluding hydrogens is 268 g/mol. The quantitative estimate of drug-likeness (QED) is 0.200. The number of nitrogens with two attached hydrogens (primary N) is 3. The van der Waals surface area contributed by atoms with E-state index in [0.717, 1.165) is 18.9 Å². The first-order valence-corrected chi connectivity index (χ1v) is 5.69. The Kier molecular flexibility index (Phi) is 8.11. The molecule has 20 heavy (non-hydrogen) atoms. The van der Waals surface area contributed by atoms with Crippen molar-refractivity contribution in [3.63, 3.8) is 0 Å². The average Bonchev–Trinajstić information content (AvgIpc) is 2.34. The number of aliphatic imine (C=N–C) groups is 1. The molecule has 1 aromatic rings. The van der Waals surface area contributed by atoms with Gasteiger partial charge in [-0.2, -0.15) is 0 Å². The average molecular weight is 286 g/mol. The number of rotatable bonds is 5. The summed E-state index contributed by atoms with van der Waals surface area (Å²) in [7, 11) is 0. The van der Waals surface area contributed by atoms with Crippen LogP contribution in [0.15, 0.2) is 20.6 Å². The lowest BCUT2D eigenvalue weighted by molar-refractivity contribution is 0.0689. The van der Waals surface area contributed by atoms with Crippen molar-refractivity contribution in [2.75, 3.05) is 13.1 Å². The Labute approximate surface area is 113 Å². The number of carboxylic acids is 1. The minimum atomic E-state index is -1.34. The number of aromatic amines is 2. The molecule has 0 aliphatic heterocycles. The molecule has 0 fully saturated rings. The second kappa shape index (κ2) is 9.33. The first-order valence-electron chi connectivity index (χ1n) is 5.69. The molecule has 0 saturated heterocycles. The molecule has 1 heterocycles. The third-order valence-corrected chi connectivity index (χ3v) is 1.90. The standard InChI is InChI=1S/C5H14N4.C5H4N2O4/c6-3-1-2-4-9-5(7)8;8-3-1-2(4(9)10)6-5(11)7-3/h1-4,6H2,(H4,7,8,9);1H,(H,9,10)(H2,6,7,8,11). The number of hydrogen-bond acceptors (Lipinski definition) is 5. The Balaban J connectivity index is 0.000000370. The van der Waals surface area contributed by atoms with Crippen molar-refractivity contribution in [3.05, 3.63) is 32.6 Å². The van der Waals surface area contributed by atoms with E-state index in [9.17, 15) is 14.4 Å². The fraction of sp³-hybridized carbons (Fsp3) is 0.400. The summed E-state index contributed by atoms with van der Waals surface area (Å²) in [5.41, 5.74) is 13.4. The van der Waals surface area contributed by atoms with Gasteiger partial charge in [0.05, 0.1) is 0 Å². The topological polar surface area (TPSA) is 193 Å². The summed E-state index contributed by atoms with van der Waals surface area (Å²) in [6.07, 6.45) is 1.95. The van der Waals surface area contributed by atoms with Gasteiger partial charge in [-0.1, -0.05) is 0 Å². The van der Waals surface area contributed by atoms with Gasteiger partial charge in [0.1, 0.15) is 5.69 Å². The number of carbonyl (C=O) groups is 1. The van der Waals surface area contributed by atoms with Crippen LogP contribution in [0.25, 0.3) is 0 Å². The molecule has 112 valence electrons. The molecule has 0 unspecified atom stereocenters. The number of aromatic nitrogens is 2. The molecule has 0 aromatic carbocycles. The summed E-state index contributed by atoms with van der Waals surface area (Å²) in [4.78, 5) is 38.7. The summed E-state index contributed by atoms with van der Waals surface area (Å²) < 4.78 is 0. The smallest absolute Gasteiger partial charge is 0.352 e. The maximum absolute atomic E-state index is 10.5. The van der Waals surface area contributed by atoms with E-state index >= 15 is 0 Å². The van der Waals surface area contributed by atoms with Gasteiger partial charge < -0.3 is 27.3 Å². The SMILES string of the molecule is NCCCCN=C(N)N.O=C(O)c1cc(=O)[nH]c(=O)[nH]1. The molecule has 0 aliphatic rings. The van der Waals surface area contributed by atoms with Crippen LogP contribution in [-0.4, -0.2) is 40.1 Å². The highest BCUT2D eigenvalue weighted by Crippen LogP contribution is 1.84. The van der Waals surface area contributed by atoms with Crippen molar-refractivity contribution in [2.45, 2.75) is 12.8 Å². The van der Waals surface area contributed by atoms with Gasteiger partial charge in [-0.15, -0.1) is 0 Å². The van der Waals surface area contributed by atoms with Crippen LogP contribution >= 0.6 is 0 Å². The minimum absolute atomic E-state index is 0.159. The summed E-state index contributed by atoms with van der Waals surface area (Å²) in [5.74, 6) is -1.18. The number of unbranched alkanes of at least 4 members (excludes halogenated alkanes) is 1. The van der Waals surface area contributed by atoms with E-state index in [-0.39, 0.29) is 5.96 Å². The fourth-order valence-electron chi connectivity index (χ4n) is 1.05. The first-order chi connectivity index (χ1) is 9.36. The van der Waals surface area contributed by atoms with E-state index in [1.165, 1.54) is 0 Å². The predicted octanol–water partition coefficient (Wildman–Crippen LogP) is -2.24. The van der Waals surface area contributed by atoms with Gasteiger partial charge in [-0.25, -0.2) is 9.59 Å². The van der Waals surface area contributed by atoms with Crippen molar-refractivity contribution in [1.82, 2.24) is 9.97 Å². The zero-order valence-corrected chi connectivity index (χ0v) is 10.8. The molecule has 0 aliphatic carbocycles. The molecule has 0 amide bonds. The van der Waals surface area contributed by atoms with E-state index in [2.05, 4.69) is 4.99 Å². The predicted molar refractivity (Wildman–Crippen MR) is 73.6 cm³/mol. The Morgan fingerprint density at radius 3 is 2.35 bits per heavy atom. The number of guanidine groups is 1. The molecular formula is C10H18N6O4. The van der Waals surface area contributed by atoms with Gasteiger partial charge in [0.25, 0.3) is 5.56 Å². The Hall–Kier alpha value is -2.62.